The number of aromatic amines is 1. The SMILES string of the molecule is CCC1(C)O[C@@H]2N(O1)[C@@]1(C)CC(c3ccc(NC(=O)c4ncc(C#N)[nH]4)c(C4=CCC(C)(C)CC4)c3)C[C@]2(C)O1. The average Bonchev–Trinajstić information content (AvgIpc) is 3.58. The molecule has 3 saturated heterocycles. The van der Waals surface area contributed by atoms with Gasteiger partial charge in [-0.05, 0) is 87.5 Å². The molecule has 1 amide bonds. The minimum absolute atomic E-state index is 0.117. The Bertz CT molecular complexity index is 1400. The molecule has 4 aliphatic rings. The Morgan fingerprint density at radius 2 is 2.05 bits per heavy atom. The number of carbonyl (C=O) groups is 1. The van der Waals surface area contributed by atoms with Gasteiger partial charge >= 0.3 is 0 Å². The number of carbonyl (C=O) groups excluding carboxylic acids is 1. The van der Waals surface area contributed by atoms with Gasteiger partial charge in [-0.3, -0.25) is 9.63 Å². The van der Waals surface area contributed by atoms with Gasteiger partial charge < -0.3 is 19.8 Å². The van der Waals surface area contributed by atoms with Gasteiger partial charge in [0.2, 0.25) is 0 Å². The molecule has 4 heterocycles. The van der Waals surface area contributed by atoms with E-state index in [2.05, 4.69) is 68.1 Å². The molecule has 0 saturated carbocycles. The summed E-state index contributed by atoms with van der Waals surface area (Å²) in [5.41, 5.74) is 3.63. The first-order valence-electron chi connectivity index (χ1n) is 14.3. The van der Waals surface area contributed by atoms with Gasteiger partial charge in [-0.1, -0.05) is 32.9 Å². The first-order chi connectivity index (χ1) is 18.9. The maximum absolute atomic E-state index is 13.1. The molecule has 3 aliphatic heterocycles. The minimum atomic E-state index is -0.639. The lowest BCUT2D eigenvalue weighted by Crippen LogP contribution is -2.47. The Hall–Kier alpha value is -3.03. The molecule has 2 unspecified atom stereocenters. The summed E-state index contributed by atoms with van der Waals surface area (Å²) in [6.45, 7) is 12.9. The number of rotatable bonds is 5. The number of imidazole rings is 1. The zero-order chi connectivity index (χ0) is 28.5. The molecular weight excluding hydrogens is 506 g/mol. The molecule has 9 nitrogen and oxygen atoms in total. The number of aromatic nitrogens is 2. The Labute approximate surface area is 235 Å². The van der Waals surface area contributed by atoms with Crippen molar-refractivity contribution in [1.82, 2.24) is 15.0 Å². The lowest BCUT2D eigenvalue weighted by Gasteiger charge is -2.43. The fourth-order valence-corrected chi connectivity index (χ4v) is 6.74. The minimum Gasteiger partial charge on any atom is -0.348 e. The van der Waals surface area contributed by atoms with Crippen LogP contribution in [-0.4, -0.2) is 44.3 Å². The van der Waals surface area contributed by atoms with Crippen molar-refractivity contribution in [1.29, 1.82) is 5.26 Å². The first-order valence-corrected chi connectivity index (χ1v) is 14.3. The topological polar surface area (TPSA) is 113 Å². The third kappa shape index (κ3) is 4.57. The van der Waals surface area contributed by atoms with E-state index in [1.807, 2.05) is 24.1 Å². The molecule has 40 heavy (non-hydrogen) atoms. The maximum Gasteiger partial charge on any atom is 0.291 e. The second-order valence-corrected chi connectivity index (χ2v) is 13.2. The average molecular weight is 546 g/mol. The summed E-state index contributed by atoms with van der Waals surface area (Å²) >= 11 is 0. The van der Waals surface area contributed by atoms with Crippen molar-refractivity contribution >= 4 is 17.2 Å². The van der Waals surface area contributed by atoms with Gasteiger partial charge in [-0.15, -0.1) is 5.06 Å². The summed E-state index contributed by atoms with van der Waals surface area (Å²) in [6, 6.07) is 8.34. The van der Waals surface area contributed by atoms with Crippen molar-refractivity contribution in [3.8, 4) is 6.07 Å². The fourth-order valence-electron chi connectivity index (χ4n) is 6.74. The summed E-state index contributed by atoms with van der Waals surface area (Å²) in [5, 5.41) is 14.1. The Morgan fingerprint density at radius 1 is 1.25 bits per heavy atom. The number of H-pyrrole nitrogens is 1. The molecule has 6 rings (SSSR count). The summed E-state index contributed by atoms with van der Waals surface area (Å²) in [5.74, 6) is -0.668. The van der Waals surface area contributed by atoms with Gasteiger partial charge in [-0.25, -0.2) is 4.98 Å². The molecule has 2 N–H and O–H groups in total. The molecule has 1 aromatic heterocycles. The second kappa shape index (κ2) is 9.25. The van der Waals surface area contributed by atoms with Crippen LogP contribution in [0.25, 0.3) is 5.57 Å². The van der Waals surface area contributed by atoms with Crippen LogP contribution >= 0.6 is 0 Å². The Morgan fingerprint density at radius 3 is 2.73 bits per heavy atom. The maximum atomic E-state index is 13.1. The van der Waals surface area contributed by atoms with Crippen molar-refractivity contribution in [2.24, 2.45) is 5.41 Å². The number of allylic oxidation sites excluding steroid dienone is 2. The molecule has 212 valence electrons. The monoisotopic (exact) mass is 545 g/mol. The largest absolute Gasteiger partial charge is 0.348 e. The van der Waals surface area contributed by atoms with Crippen LogP contribution in [0.1, 0.15) is 113 Å². The number of nitrogens with zero attached hydrogens (tertiary/aromatic N) is 3. The molecule has 2 aromatic rings. The summed E-state index contributed by atoms with van der Waals surface area (Å²) in [4.78, 5) is 26.2. The number of anilines is 1. The standard InChI is InChI=1S/C31H39N5O4/c1-7-31(6)38-27-29(4)15-21(16-30(5,39-29)36(27)40-31)20-8-9-24(35-26(37)25-33-18-22(17-32)34-25)23(14-20)19-10-12-28(2,3)13-11-19/h8-10,14,18,21,27H,7,11-13,15-16H2,1-6H3,(H,33,34)(H,35,37)/t21?,27-,29-,30+,31?/m0/s1. The van der Waals surface area contributed by atoms with Crippen LogP contribution in [0.4, 0.5) is 5.69 Å². The van der Waals surface area contributed by atoms with E-state index in [9.17, 15) is 4.79 Å². The van der Waals surface area contributed by atoms with E-state index in [-0.39, 0.29) is 35.0 Å². The third-order valence-electron chi connectivity index (χ3n) is 9.22. The van der Waals surface area contributed by atoms with Gasteiger partial charge in [0.05, 0.1) is 6.20 Å². The molecule has 1 aliphatic carbocycles. The lowest BCUT2D eigenvalue weighted by molar-refractivity contribution is -0.316. The van der Waals surface area contributed by atoms with Gasteiger partial charge in [-0.2, -0.15) is 5.26 Å². The van der Waals surface area contributed by atoms with E-state index in [0.29, 0.717) is 0 Å². The Balaban J connectivity index is 1.32. The van der Waals surface area contributed by atoms with Crippen molar-refractivity contribution in [2.75, 3.05) is 5.32 Å². The highest BCUT2D eigenvalue weighted by atomic mass is 16.9. The van der Waals surface area contributed by atoms with Crippen LogP contribution < -0.4 is 5.32 Å². The molecule has 9 heteroatoms. The van der Waals surface area contributed by atoms with Gasteiger partial charge in [0, 0.05) is 17.7 Å². The van der Waals surface area contributed by atoms with E-state index in [1.165, 1.54) is 17.3 Å². The van der Waals surface area contributed by atoms with Crippen LogP contribution in [-0.2, 0) is 14.3 Å². The van der Waals surface area contributed by atoms with Crippen molar-refractivity contribution < 1.29 is 19.1 Å². The van der Waals surface area contributed by atoms with Crippen molar-refractivity contribution in [3.63, 3.8) is 0 Å². The number of hydrogen-bond acceptors (Lipinski definition) is 7. The van der Waals surface area contributed by atoms with Gasteiger partial charge in [0.1, 0.15) is 23.1 Å². The summed E-state index contributed by atoms with van der Waals surface area (Å²) in [7, 11) is 0. The van der Waals surface area contributed by atoms with Gasteiger partial charge in [0.15, 0.2) is 17.8 Å². The number of nitriles is 1. The van der Waals surface area contributed by atoms with E-state index < -0.39 is 17.1 Å². The zero-order valence-electron chi connectivity index (χ0n) is 24.3. The molecule has 1 aromatic carbocycles. The zero-order valence-corrected chi connectivity index (χ0v) is 24.3. The Kier molecular flexibility index (Phi) is 6.28. The van der Waals surface area contributed by atoms with Crippen molar-refractivity contribution in [3.05, 3.63) is 53.1 Å². The third-order valence-corrected chi connectivity index (χ3v) is 9.22. The second-order valence-electron chi connectivity index (χ2n) is 13.2. The number of fused-ring (bicyclic) bond motifs is 5. The fraction of sp³-hybridized carbons (Fsp3) is 0.581. The smallest absolute Gasteiger partial charge is 0.291 e. The predicted octanol–water partition coefficient (Wildman–Crippen LogP) is 6.23. The molecular formula is C31H39N5O4. The molecule has 0 radical (unpaired) electrons. The number of nitrogens with one attached hydrogen (secondary N) is 2. The molecule has 5 atom stereocenters. The van der Waals surface area contributed by atoms with E-state index in [1.54, 1.807) is 0 Å². The highest BCUT2D eigenvalue weighted by Gasteiger charge is 2.68. The van der Waals surface area contributed by atoms with E-state index >= 15 is 0 Å². The highest BCUT2D eigenvalue weighted by Crippen LogP contribution is 2.58. The summed E-state index contributed by atoms with van der Waals surface area (Å²) < 4.78 is 13.0. The van der Waals surface area contributed by atoms with Crippen LogP contribution in [0, 0.1) is 16.7 Å². The van der Waals surface area contributed by atoms with Crippen LogP contribution in [0.3, 0.4) is 0 Å². The number of benzene rings is 1. The number of ether oxygens (including phenoxy) is 2. The number of hydroxylamine groups is 2. The highest BCUT2D eigenvalue weighted by molar-refractivity contribution is 6.03. The van der Waals surface area contributed by atoms with E-state index in [4.69, 9.17) is 19.6 Å². The quantitative estimate of drug-likeness (QED) is 0.458. The normalized spacial score (nSPS) is 34.7. The number of hydrogen-bond donors (Lipinski definition) is 2. The van der Waals surface area contributed by atoms with Crippen LogP contribution in [0.2, 0.25) is 0 Å². The van der Waals surface area contributed by atoms with Gasteiger partial charge in [0.25, 0.3) is 5.91 Å². The summed E-state index contributed by atoms with van der Waals surface area (Å²) in [6.07, 6.45) is 8.75. The van der Waals surface area contributed by atoms with Crippen LogP contribution in [0.5, 0.6) is 0 Å². The lowest BCUT2D eigenvalue weighted by atomic mass is 9.75. The molecule has 0 spiro atoms. The number of amides is 1. The predicted molar refractivity (Wildman–Crippen MR) is 150 cm³/mol. The molecule has 3 fully saturated rings. The van der Waals surface area contributed by atoms with Crippen LogP contribution in [0.15, 0.2) is 30.5 Å². The van der Waals surface area contributed by atoms with E-state index in [0.717, 1.165) is 49.8 Å². The van der Waals surface area contributed by atoms with Crippen molar-refractivity contribution in [2.45, 2.75) is 109 Å². The molecule has 2 bridgehead atoms. The first kappa shape index (κ1) is 27.2.